The number of aromatic nitrogens is 2. The monoisotopic (exact) mass is 293 g/mol. The quantitative estimate of drug-likeness (QED) is 0.646. The minimum Gasteiger partial charge on any atom is -0.440 e. The Morgan fingerprint density at radius 1 is 1.40 bits per heavy atom. The van der Waals surface area contributed by atoms with E-state index in [4.69, 9.17) is 27.2 Å². The topological polar surface area (TPSA) is 66.2 Å². The van der Waals surface area contributed by atoms with Crippen LogP contribution in [0.1, 0.15) is 50.8 Å². The van der Waals surface area contributed by atoms with Gasteiger partial charge in [-0.15, -0.1) is 0 Å². The van der Waals surface area contributed by atoms with Gasteiger partial charge in [-0.2, -0.15) is 4.98 Å². The van der Waals surface area contributed by atoms with Gasteiger partial charge in [0.15, 0.2) is 0 Å². The molecule has 5 nitrogen and oxygen atoms in total. The van der Waals surface area contributed by atoms with E-state index >= 15 is 0 Å². The van der Waals surface area contributed by atoms with Gasteiger partial charge in [0.1, 0.15) is 22.8 Å². The van der Waals surface area contributed by atoms with Crippen LogP contribution in [0, 0.1) is 4.64 Å². The minimum absolute atomic E-state index is 0.181. The molecule has 0 amide bonds. The van der Waals surface area contributed by atoms with E-state index in [0.29, 0.717) is 17.0 Å². The molecule has 0 bridgehead atoms. The molecule has 0 unspecified atom stereocenters. The lowest BCUT2D eigenvalue weighted by atomic mass is 9.94. The largest absolute Gasteiger partial charge is 0.440 e. The van der Waals surface area contributed by atoms with E-state index in [1.807, 2.05) is 13.8 Å². The van der Waals surface area contributed by atoms with Gasteiger partial charge in [-0.1, -0.05) is 26.1 Å². The molecule has 6 heteroatoms. The molecular formula is C14H19N3O2S. The summed E-state index contributed by atoms with van der Waals surface area (Å²) in [5.74, 6) is 7.82. The Kier molecular flexibility index (Phi) is 2.92. The number of fused-ring (bicyclic) bond motifs is 3. The maximum absolute atomic E-state index is 6.09. The molecule has 1 aliphatic rings. The van der Waals surface area contributed by atoms with Crippen LogP contribution in [0.5, 0.6) is 0 Å². The Bertz CT molecular complexity index is 743. The predicted octanol–water partition coefficient (Wildman–Crippen LogP) is 3.05. The van der Waals surface area contributed by atoms with Crippen LogP contribution in [-0.4, -0.2) is 15.3 Å². The van der Waals surface area contributed by atoms with Crippen molar-refractivity contribution in [3.8, 4) is 0 Å². The first kappa shape index (κ1) is 13.6. The highest BCUT2D eigenvalue weighted by atomic mass is 32.1. The van der Waals surface area contributed by atoms with Gasteiger partial charge in [0.2, 0.25) is 5.71 Å². The minimum atomic E-state index is -0.221. The molecule has 20 heavy (non-hydrogen) atoms. The van der Waals surface area contributed by atoms with Crippen molar-refractivity contribution in [3.63, 3.8) is 0 Å². The van der Waals surface area contributed by atoms with Crippen LogP contribution in [-0.2, 0) is 17.8 Å². The van der Waals surface area contributed by atoms with Crippen LogP contribution < -0.4 is 5.84 Å². The van der Waals surface area contributed by atoms with Crippen LogP contribution in [0.15, 0.2) is 4.42 Å². The first-order chi connectivity index (χ1) is 9.30. The van der Waals surface area contributed by atoms with Gasteiger partial charge in [0.25, 0.3) is 0 Å². The highest BCUT2D eigenvalue weighted by Crippen LogP contribution is 2.35. The number of nitrogens with zero attached hydrogens (tertiary/aromatic N) is 2. The fraction of sp³-hybridized carbons (Fsp3) is 0.571. The van der Waals surface area contributed by atoms with Crippen LogP contribution >= 0.6 is 12.2 Å². The molecule has 0 saturated heterocycles. The zero-order valence-corrected chi connectivity index (χ0v) is 13.0. The van der Waals surface area contributed by atoms with E-state index in [9.17, 15) is 0 Å². The zero-order chi connectivity index (χ0) is 14.7. The standard InChI is InChI=1S/C14H19N3O2S/c1-7(2)11-16-12-10(13(20)17(11)15)8-5-14(3,4)18-6-9(8)19-12/h7H,5-6,15H2,1-4H3. The summed E-state index contributed by atoms with van der Waals surface area (Å²) in [6.07, 6.45) is 0.752. The van der Waals surface area contributed by atoms with Gasteiger partial charge >= 0.3 is 0 Å². The van der Waals surface area contributed by atoms with E-state index in [2.05, 4.69) is 18.8 Å². The van der Waals surface area contributed by atoms with Gasteiger partial charge in [0.05, 0.1) is 11.0 Å². The SMILES string of the molecule is CC(C)c1nc2oc3c(c2c(=S)n1N)CC(C)(C)OC3. The summed E-state index contributed by atoms with van der Waals surface area (Å²) < 4.78 is 13.7. The number of nitrogens with two attached hydrogens (primary N) is 1. The van der Waals surface area contributed by atoms with Gasteiger partial charge in [-0.25, -0.2) is 4.68 Å². The molecule has 0 atom stereocenters. The molecule has 0 saturated carbocycles. The van der Waals surface area contributed by atoms with Crippen molar-refractivity contribution in [1.82, 2.24) is 9.66 Å². The van der Waals surface area contributed by atoms with E-state index in [-0.39, 0.29) is 11.5 Å². The Morgan fingerprint density at radius 3 is 2.75 bits per heavy atom. The molecule has 2 aromatic rings. The lowest BCUT2D eigenvalue weighted by Crippen LogP contribution is -2.31. The Hall–Kier alpha value is -1.40. The van der Waals surface area contributed by atoms with Gasteiger partial charge < -0.3 is 15.0 Å². The van der Waals surface area contributed by atoms with Crippen LogP contribution in [0.4, 0.5) is 0 Å². The molecule has 0 fully saturated rings. The van der Waals surface area contributed by atoms with E-state index in [0.717, 1.165) is 29.0 Å². The molecule has 1 aliphatic heterocycles. The second-order valence-corrected chi connectivity index (χ2v) is 6.60. The summed E-state index contributed by atoms with van der Waals surface area (Å²) in [5.41, 5.74) is 1.44. The lowest BCUT2D eigenvalue weighted by Gasteiger charge is -2.29. The summed E-state index contributed by atoms with van der Waals surface area (Å²) in [5, 5.41) is 0.860. The molecule has 2 aromatic heterocycles. The fourth-order valence-corrected chi connectivity index (χ4v) is 2.93. The average Bonchev–Trinajstić information content (AvgIpc) is 2.69. The fourth-order valence-electron chi connectivity index (χ4n) is 2.63. The van der Waals surface area contributed by atoms with Crippen molar-refractivity contribution in [3.05, 3.63) is 21.8 Å². The summed E-state index contributed by atoms with van der Waals surface area (Å²) in [4.78, 5) is 4.54. The molecule has 3 rings (SSSR count). The molecule has 0 aliphatic carbocycles. The number of nitrogen functional groups attached to an aromatic ring is 1. The van der Waals surface area contributed by atoms with Crippen molar-refractivity contribution in [1.29, 1.82) is 0 Å². The van der Waals surface area contributed by atoms with E-state index in [1.54, 1.807) is 0 Å². The number of rotatable bonds is 1. The number of furan rings is 1. The number of hydrogen-bond acceptors (Lipinski definition) is 5. The molecule has 0 radical (unpaired) electrons. The average molecular weight is 293 g/mol. The maximum atomic E-state index is 6.09. The highest BCUT2D eigenvalue weighted by molar-refractivity contribution is 7.71. The van der Waals surface area contributed by atoms with Gasteiger partial charge in [-0.3, -0.25) is 0 Å². The Morgan fingerprint density at radius 2 is 2.10 bits per heavy atom. The predicted molar refractivity (Wildman–Crippen MR) is 79.6 cm³/mol. The molecular weight excluding hydrogens is 274 g/mol. The first-order valence-electron chi connectivity index (χ1n) is 6.76. The van der Waals surface area contributed by atoms with Crippen molar-refractivity contribution < 1.29 is 9.15 Å². The molecule has 108 valence electrons. The van der Waals surface area contributed by atoms with Crippen molar-refractivity contribution in [2.75, 3.05) is 5.84 Å². The third-order valence-electron chi connectivity index (χ3n) is 3.68. The Balaban J connectivity index is 2.32. The third kappa shape index (κ3) is 1.94. The summed E-state index contributed by atoms with van der Waals surface area (Å²) in [6.45, 7) is 8.63. The number of hydrogen-bond donors (Lipinski definition) is 1. The molecule has 0 aromatic carbocycles. The van der Waals surface area contributed by atoms with Crippen LogP contribution in [0.2, 0.25) is 0 Å². The molecule has 2 N–H and O–H groups in total. The van der Waals surface area contributed by atoms with Crippen molar-refractivity contribution in [2.45, 2.75) is 52.2 Å². The molecule has 3 heterocycles. The Labute approximate surface area is 122 Å². The van der Waals surface area contributed by atoms with Crippen molar-refractivity contribution in [2.24, 2.45) is 0 Å². The zero-order valence-electron chi connectivity index (χ0n) is 12.2. The molecule has 0 spiro atoms. The maximum Gasteiger partial charge on any atom is 0.231 e. The van der Waals surface area contributed by atoms with Crippen LogP contribution in [0.25, 0.3) is 11.1 Å². The van der Waals surface area contributed by atoms with Crippen molar-refractivity contribution >= 4 is 23.3 Å². The number of ether oxygens (including phenoxy) is 1. The summed E-state index contributed by atoms with van der Waals surface area (Å²) >= 11 is 5.51. The van der Waals surface area contributed by atoms with E-state index < -0.39 is 0 Å². The first-order valence-corrected chi connectivity index (χ1v) is 7.17. The summed E-state index contributed by atoms with van der Waals surface area (Å²) in [7, 11) is 0. The summed E-state index contributed by atoms with van der Waals surface area (Å²) in [6, 6.07) is 0. The lowest BCUT2D eigenvalue weighted by molar-refractivity contribution is -0.0476. The third-order valence-corrected chi connectivity index (χ3v) is 4.08. The van der Waals surface area contributed by atoms with Gasteiger partial charge in [0, 0.05) is 17.9 Å². The second-order valence-electron chi connectivity index (χ2n) is 6.21. The highest BCUT2D eigenvalue weighted by Gasteiger charge is 2.31. The van der Waals surface area contributed by atoms with Crippen LogP contribution in [0.3, 0.4) is 0 Å². The smallest absolute Gasteiger partial charge is 0.231 e. The van der Waals surface area contributed by atoms with E-state index in [1.165, 1.54) is 4.68 Å². The normalized spacial score (nSPS) is 17.6. The van der Waals surface area contributed by atoms with Gasteiger partial charge in [-0.05, 0) is 13.8 Å². The second kappa shape index (κ2) is 4.30.